The zero-order chi connectivity index (χ0) is 16.0. The van der Waals surface area contributed by atoms with E-state index in [4.69, 9.17) is 19.9 Å². The van der Waals surface area contributed by atoms with Crippen molar-refractivity contribution in [1.82, 2.24) is 0 Å². The lowest BCUT2D eigenvalue weighted by Crippen LogP contribution is -2.25. The number of carbonyl (C=O) groups excluding carboxylic acids is 1. The van der Waals surface area contributed by atoms with Gasteiger partial charge < -0.3 is 19.9 Å². The molecule has 5 heteroatoms. The van der Waals surface area contributed by atoms with E-state index in [0.717, 1.165) is 17.1 Å². The number of methoxy groups -OCH3 is 3. The van der Waals surface area contributed by atoms with Crippen LogP contribution >= 0.6 is 0 Å². The van der Waals surface area contributed by atoms with Crippen LogP contribution in [0.15, 0.2) is 18.2 Å². The van der Waals surface area contributed by atoms with Crippen LogP contribution in [-0.2, 0) is 9.53 Å². The highest BCUT2D eigenvalue weighted by atomic mass is 16.5. The smallest absolute Gasteiger partial charge is 0.306 e. The van der Waals surface area contributed by atoms with Gasteiger partial charge in [0.1, 0.15) is 11.5 Å². The van der Waals surface area contributed by atoms with Gasteiger partial charge in [0.15, 0.2) is 0 Å². The predicted octanol–water partition coefficient (Wildman–Crippen LogP) is 2.68. The summed E-state index contributed by atoms with van der Waals surface area (Å²) in [4.78, 5) is 11.5. The Hall–Kier alpha value is -1.75. The number of nitrogens with two attached hydrogens (primary N) is 1. The highest BCUT2D eigenvalue weighted by molar-refractivity contribution is 5.69. The Morgan fingerprint density at radius 3 is 2.43 bits per heavy atom. The van der Waals surface area contributed by atoms with Crippen molar-refractivity contribution < 1.29 is 19.0 Å². The van der Waals surface area contributed by atoms with Crippen molar-refractivity contribution in [3.63, 3.8) is 0 Å². The van der Waals surface area contributed by atoms with Crippen molar-refractivity contribution in [3.8, 4) is 11.5 Å². The van der Waals surface area contributed by atoms with E-state index in [1.807, 2.05) is 32.0 Å². The van der Waals surface area contributed by atoms with E-state index >= 15 is 0 Å². The molecule has 1 aromatic carbocycles. The number of carbonyl (C=O) groups is 1. The first-order valence-electron chi connectivity index (χ1n) is 6.87. The number of rotatable bonds is 7. The quantitative estimate of drug-likeness (QED) is 0.783. The van der Waals surface area contributed by atoms with Crippen LogP contribution in [0.25, 0.3) is 0 Å². The molecule has 0 aliphatic rings. The van der Waals surface area contributed by atoms with E-state index in [9.17, 15) is 4.79 Å². The molecular weight excluding hydrogens is 270 g/mol. The maximum atomic E-state index is 11.5. The molecule has 0 aliphatic heterocycles. The van der Waals surface area contributed by atoms with Gasteiger partial charge in [-0.15, -0.1) is 0 Å². The molecular formula is C16H25NO4. The second-order valence-electron chi connectivity index (χ2n) is 5.84. The Morgan fingerprint density at radius 2 is 1.90 bits per heavy atom. The van der Waals surface area contributed by atoms with Gasteiger partial charge in [0, 0.05) is 11.6 Å². The minimum Gasteiger partial charge on any atom is -0.497 e. The third-order valence-corrected chi connectivity index (χ3v) is 3.46. The third-order valence-electron chi connectivity index (χ3n) is 3.46. The Kier molecular flexibility index (Phi) is 6.03. The molecule has 0 amide bonds. The third kappa shape index (κ3) is 4.93. The van der Waals surface area contributed by atoms with E-state index in [-0.39, 0.29) is 17.4 Å². The van der Waals surface area contributed by atoms with E-state index < -0.39 is 0 Å². The van der Waals surface area contributed by atoms with Crippen LogP contribution in [0.3, 0.4) is 0 Å². The molecule has 21 heavy (non-hydrogen) atoms. The number of esters is 1. The summed E-state index contributed by atoms with van der Waals surface area (Å²) in [5.74, 6) is 1.22. The minimum absolute atomic E-state index is 0.232. The normalized spacial score (nSPS) is 12.7. The van der Waals surface area contributed by atoms with Gasteiger partial charge >= 0.3 is 5.97 Å². The topological polar surface area (TPSA) is 70.8 Å². The highest BCUT2D eigenvalue weighted by Crippen LogP contribution is 2.36. The first-order chi connectivity index (χ1) is 9.82. The van der Waals surface area contributed by atoms with Crippen LogP contribution in [-0.4, -0.2) is 27.3 Å². The van der Waals surface area contributed by atoms with Crippen LogP contribution < -0.4 is 15.2 Å². The van der Waals surface area contributed by atoms with Gasteiger partial charge in [-0.3, -0.25) is 4.79 Å². The van der Waals surface area contributed by atoms with E-state index in [2.05, 4.69) is 0 Å². The van der Waals surface area contributed by atoms with Crippen molar-refractivity contribution in [2.45, 2.75) is 32.7 Å². The maximum absolute atomic E-state index is 11.5. The molecule has 0 saturated carbocycles. The van der Waals surface area contributed by atoms with Gasteiger partial charge in [0.05, 0.1) is 27.8 Å². The van der Waals surface area contributed by atoms with Crippen molar-refractivity contribution in [2.75, 3.05) is 21.3 Å². The largest absolute Gasteiger partial charge is 0.497 e. The van der Waals surface area contributed by atoms with E-state index in [1.54, 1.807) is 14.2 Å². The van der Waals surface area contributed by atoms with Crippen LogP contribution in [0, 0.1) is 5.41 Å². The first-order valence-corrected chi connectivity index (χ1v) is 6.87. The van der Waals surface area contributed by atoms with Gasteiger partial charge in [-0.25, -0.2) is 0 Å². The molecule has 0 saturated heterocycles. The molecule has 0 heterocycles. The fourth-order valence-corrected chi connectivity index (χ4v) is 2.37. The molecule has 0 radical (unpaired) electrons. The van der Waals surface area contributed by atoms with Crippen molar-refractivity contribution in [3.05, 3.63) is 23.8 Å². The summed E-state index contributed by atoms with van der Waals surface area (Å²) in [6.45, 7) is 3.99. The lowest BCUT2D eigenvalue weighted by molar-refractivity contribution is -0.143. The number of benzene rings is 1. The number of hydrogen-bond acceptors (Lipinski definition) is 5. The summed E-state index contributed by atoms with van der Waals surface area (Å²) >= 11 is 0. The second kappa shape index (κ2) is 7.31. The summed E-state index contributed by atoms with van der Waals surface area (Å²) < 4.78 is 15.3. The summed E-state index contributed by atoms with van der Waals surface area (Å²) in [5.41, 5.74) is 6.92. The van der Waals surface area contributed by atoms with Crippen LogP contribution in [0.4, 0.5) is 0 Å². The Morgan fingerprint density at radius 1 is 1.24 bits per heavy atom. The molecule has 0 aliphatic carbocycles. The predicted molar refractivity (Wildman–Crippen MR) is 81.5 cm³/mol. The summed E-state index contributed by atoms with van der Waals surface area (Å²) in [5, 5.41) is 0. The maximum Gasteiger partial charge on any atom is 0.306 e. The second-order valence-corrected chi connectivity index (χ2v) is 5.84. The summed E-state index contributed by atoms with van der Waals surface area (Å²) in [6.07, 6.45) is 0.953. The minimum atomic E-state index is -0.263. The molecule has 1 atom stereocenters. The van der Waals surface area contributed by atoms with E-state index in [0.29, 0.717) is 12.8 Å². The molecule has 0 spiro atoms. The van der Waals surface area contributed by atoms with Gasteiger partial charge in [0.25, 0.3) is 0 Å². The van der Waals surface area contributed by atoms with Crippen molar-refractivity contribution in [1.29, 1.82) is 0 Å². The zero-order valence-corrected chi connectivity index (χ0v) is 13.4. The molecule has 5 nitrogen and oxygen atoms in total. The Bertz CT molecular complexity index is 485. The number of ether oxygens (including phenoxy) is 3. The average molecular weight is 295 g/mol. The van der Waals surface area contributed by atoms with Crippen LogP contribution in [0.1, 0.15) is 38.3 Å². The average Bonchev–Trinajstić information content (AvgIpc) is 2.45. The fraction of sp³-hybridized carbons (Fsp3) is 0.562. The zero-order valence-electron chi connectivity index (χ0n) is 13.4. The molecule has 0 bridgehead atoms. The first kappa shape index (κ1) is 17.3. The Balaban J connectivity index is 2.92. The Labute approximate surface area is 126 Å². The van der Waals surface area contributed by atoms with Gasteiger partial charge in [-0.2, -0.15) is 0 Å². The lowest BCUT2D eigenvalue weighted by Gasteiger charge is -2.27. The van der Waals surface area contributed by atoms with Crippen LogP contribution in [0.2, 0.25) is 0 Å². The van der Waals surface area contributed by atoms with Crippen molar-refractivity contribution in [2.24, 2.45) is 11.1 Å². The summed E-state index contributed by atoms with van der Waals surface area (Å²) in [6, 6.07) is 5.28. The van der Waals surface area contributed by atoms with Gasteiger partial charge in [-0.1, -0.05) is 13.8 Å². The highest BCUT2D eigenvalue weighted by Gasteiger charge is 2.27. The van der Waals surface area contributed by atoms with Gasteiger partial charge in [-0.05, 0) is 30.0 Å². The summed E-state index contributed by atoms with van der Waals surface area (Å²) in [7, 11) is 4.61. The molecule has 118 valence electrons. The molecule has 0 fully saturated rings. The molecule has 1 unspecified atom stereocenters. The molecule has 0 aromatic heterocycles. The van der Waals surface area contributed by atoms with Crippen molar-refractivity contribution >= 4 is 5.97 Å². The molecule has 1 rings (SSSR count). The molecule has 1 aromatic rings. The standard InChI is InChI=1S/C16H25NO4/c1-16(2,10-15(18)21-5)9-13(17)12-8-11(19-3)6-7-14(12)20-4/h6-8,13H,9-10,17H2,1-5H3. The van der Waals surface area contributed by atoms with Gasteiger partial charge in [0.2, 0.25) is 0 Å². The fourth-order valence-electron chi connectivity index (χ4n) is 2.37. The SMILES string of the molecule is COC(=O)CC(C)(C)CC(N)c1cc(OC)ccc1OC. The molecule has 2 N–H and O–H groups in total. The van der Waals surface area contributed by atoms with Crippen LogP contribution in [0.5, 0.6) is 11.5 Å². The van der Waals surface area contributed by atoms with E-state index in [1.165, 1.54) is 7.11 Å². The lowest BCUT2D eigenvalue weighted by atomic mass is 9.81. The number of hydrogen-bond donors (Lipinski definition) is 1. The monoisotopic (exact) mass is 295 g/mol.